The molecule has 0 amide bonds. The Balaban J connectivity index is 2.55. The van der Waals surface area contributed by atoms with Gasteiger partial charge >= 0.3 is 0 Å². The van der Waals surface area contributed by atoms with Gasteiger partial charge in [-0.25, -0.2) is 0 Å². The summed E-state index contributed by atoms with van der Waals surface area (Å²) in [4.78, 5) is 0. The number of hydrogen-bond acceptors (Lipinski definition) is 1. The van der Waals surface area contributed by atoms with E-state index in [0.717, 1.165) is 12.0 Å². The third-order valence-electron chi connectivity index (χ3n) is 3.05. The molecule has 0 saturated heterocycles. The second-order valence-corrected chi connectivity index (χ2v) is 3.91. The third-order valence-corrected chi connectivity index (χ3v) is 3.05. The topological polar surface area (TPSA) is 20.2 Å². The van der Waals surface area contributed by atoms with Crippen molar-refractivity contribution in [2.24, 2.45) is 5.92 Å². The summed E-state index contributed by atoms with van der Waals surface area (Å²) in [6.45, 7) is 4.00. The Bertz CT molecular complexity index is 302. The molecule has 0 aromatic heterocycles. The molecule has 0 radical (unpaired) electrons. The average Bonchev–Trinajstić information content (AvgIpc) is 2.25. The molecule has 0 unspecified atom stereocenters. The molecule has 2 rings (SSSR count). The average molecular weight is 162 g/mol. The zero-order chi connectivity index (χ0) is 8.77. The SMILES string of the molecule is C[C@@H]1Cc2ccccc2[C@@]1(C)O. The lowest BCUT2D eigenvalue weighted by atomic mass is 9.91. The van der Waals surface area contributed by atoms with Crippen molar-refractivity contribution in [1.82, 2.24) is 0 Å². The summed E-state index contributed by atoms with van der Waals surface area (Å²) in [6, 6.07) is 8.16. The second-order valence-electron chi connectivity index (χ2n) is 3.91. The molecule has 1 N–H and O–H groups in total. The lowest BCUT2D eigenvalue weighted by molar-refractivity contribution is 0.0153. The molecule has 2 atom stereocenters. The van der Waals surface area contributed by atoms with E-state index in [9.17, 15) is 5.11 Å². The van der Waals surface area contributed by atoms with Crippen molar-refractivity contribution in [2.75, 3.05) is 0 Å². The van der Waals surface area contributed by atoms with Crippen LogP contribution in [0.15, 0.2) is 24.3 Å². The van der Waals surface area contributed by atoms with Crippen molar-refractivity contribution in [3.05, 3.63) is 35.4 Å². The van der Waals surface area contributed by atoms with Gasteiger partial charge in [-0.1, -0.05) is 31.2 Å². The number of benzene rings is 1. The maximum absolute atomic E-state index is 10.1. The Hall–Kier alpha value is -0.820. The first-order chi connectivity index (χ1) is 5.62. The largest absolute Gasteiger partial charge is 0.385 e. The highest BCUT2D eigenvalue weighted by molar-refractivity contribution is 5.37. The van der Waals surface area contributed by atoms with Gasteiger partial charge < -0.3 is 5.11 Å². The molecule has 1 aromatic rings. The molecular formula is C11H14O. The Labute approximate surface area is 73.0 Å². The predicted molar refractivity (Wildman–Crippen MR) is 48.9 cm³/mol. The first kappa shape index (κ1) is 7.81. The van der Waals surface area contributed by atoms with E-state index in [1.54, 1.807) is 0 Å². The summed E-state index contributed by atoms with van der Waals surface area (Å²) in [5.41, 5.74) is 1.80. The summed E-state index contributed by atoms with van der Waals surface area (Å²) in [6.07, 6.45) is 1.00. The van der Waals surface area contributed by atoms with E-state index in [1.807, 2.05) is 25.1 Å². The van der Waals surface area contributed by atoms with Crippen molar-refractivity contribution in [1.29, 1.82) is 0 Å². The third kappa shape index (κ3) is 0.896. The summed E-state index contributed by atoms with van der Waals surface area (Å²) in [5.74, 6) is 0.342. The second kappa shape index (κ2) is 2.33. The first-order valence-electron chi connectivity index (χ1n) is 4.43. The molecule has 0 aliphatic heterocycles. The van der Waals surface area contributed by atoms with Crippen LogP contribution in [0.1, 0.15) is 25.0 Å². The fourth-order valence-electron chi connectivity index (χ4n) is 1.99. The highest BCUT2D eigenvalue weighted by atomic mass is 16.3. The van der Waals surface area contributed by atoms with Crippen LogP contribution in [0.4, 0.5) is 0 Å². The van der Waals surface area contributed by atoms with Crippen LogP contribution in [-0.4, -0.2) is 5.11 Å². The fourth-order valence-corrected chi connectivity index (χ4v) is 1.99. The van der Waals surface area contributed by atoms with E-state index in [1.165, 1.54) is 5.56 Å². The van der Waals surface area contributed by atoms with Gasteiger partial charge in [0.1, 0.15) is 0 Å². The first-order valence-corrected chi connectivity index (χ1v) is 4.43. The van der Waals surface area contributed by atoms with Crippen LogP contribution in [0.25, 0.3) is 0 Å². The summed E-state index contributed by atoms with van der Waals surface area (Å²) < 4.78 is 0. The molecule has 0 spiro atoms. The molecule has 0 heterocycles. The molecule has 1 aliphatic carbocycles. The van der Waals surface area contributed by atoms with E-state index < -0.39 is 5.60 Å². The lowest BCUT2D eigenvalue weighted by Gasteiger charge is -2.23. The van der Waals surface area contributed by atoms with Crippen LogP contribution >= 0.6 is 0 Å². The fraction of sp³-hybridized carbons (Fsp3) is 0.455. The van der Waals surface area contributed by atoms with E-state index >= 15 is 0 Å². The minimum Gasteiger partial charge on any atom is -0.385 e. The molecular weight excluding hydrogens is 148 g/mol. The van der Waals surface area contributed by atoms with Gasteiger partial charge in [0.15, 0.2) is 0 Å². The van der Waals surface area contributed by atoms with E-state index in [0.29, 0.717) is 5.92 Å². The van der Waals surface area contributed by atoms with Crippen LogP contribution in [0, 0.1) is 5.92 Å². The van der Waals surface area contributed by atoms with Crippen molar-refractivity contribution >= 4 is 0 Å². The van der Waals surface area contributed by atoms with Gasteiger partial charge in [-0.15, -0.1) is 0 Å². The summed E-state index contributed by atoms with van der Waals surface area (Å²) in [5, 5.41) is 10.1. The van der Waals surface area contributed by atoms with Crippen molar-refractivity contribution < 1.29 is 5.11 Å². The summed E-state index contributed by atoms with van der Waals surface area (Å²) in [7, 11) is 0. The van der Waals surface area contributed by atoms with E-state index in [4.69, 9.17) is 0 Å². The molecule has 1 aromatic carbocycles. The Kier molecular flexibility index (Phi) is 1.52. The van der Waals surface area contributed by atoms with Crippen LogP contribution < -0.4 is 0 Å². The maximum Gasteiger partial charge on any atom is 0.0899 e. The van der Waals surface area contributed by atoms with Gasteiger partial charge in [-0.2, -0.15) is 0 Å². The highest BCUT2D eigenvalue weighted by Gasteiger charge is 2.37. The molecule has 64 valence electrons. The number of fused-ring (bicyclic) bond motifs is 1. The maximum atomic E-state index is 10.1. The van der Waals surface area contributed by atoms with E-state index in [-0.39, 0.29) is 0 Å². The highest BCUT2D eigenvalue weighted by Crippen LogP contribution is 2.40. The predicted octanol–water partition coefficient (Wildman–Crippen LogP) is 2.09. The molecule has 1 heteroatoms. The Morgan fingerprint density at radius 3 is 2.75 bits per heavy atom. The minimum absolute atomic E-state index is 0.342. The standard InChI is InChI=1S/C11H14O/c1-8-7-9-5-3-4-6-10(9)11(8,2)12/h3-6,8,12H,7H2,1-2H3/t8-,11+/m1/s1. The van der Waals surface area contributed by atoms with Gasteiger partial charge in [-0.05, 0) is 30.4 Å². The van der Waals surface area contributed by atoms with Gasteiger partial charge in [-0.3, -0.25) is 0 Å². The molecule has 0 fully saturated rings. The molecule has 12 heavy (non-hydrogen) atoms. The van der Waals surface area contributed by atoms with Gasteiger partial charge in [0.25, 0.3) is 0 Å². The normalized spacial score (nSPS) is 33.4. The number of aliphatic hydroxyl groups is 1. The van der Waals surface area contributed by atoms with Gasteiger partial charge in [0.2, 0.25) is 0 Å². The van der Waals surface area contributed by atoms with Gasteiger partial charge in [0.05, 0.1) is 5.60 Å². The minimum atomic E-state index is -0.614. The van der Waals surface area contributed by atoms with Crippen molar-refractivity contribution in [3.63, 3.8) is 0 Å². The zero-order valence-electron chi connectivity index (χ0n) is 7.54. The van der Waals surface area contributed by atoms with Crippen LogP contribution in [0.2, 0.25) is 0 Å². The zero-order valence-corrected chi connectivity index (χ0v) is 7.54. The van der Waals surface area contributed by atoms with Crippen LogP contribution in [-0.2, 0) is 12.0 Å². The molecule has 0 saturated carbocycles. The molecule has 1 nitrogen and oxygen atoms in total. The number of hydrogen-bond donors (Lipinski definition) is 1. The quantitative estimate of drug-likeness (QED) is 0.619. The molecule has 1 aliphatic rings. The van der Waals surface area contributed by atoms with Crippen molar-refractivity contribution in [3.8, 4) is 0 Å². The van der Waals surface area contributed by atoms with Crippen LogP contribution in [0.5, 0.6) is 0 Å². The Morgan fingerprint density at radius 1 is 1.42 bits per heavy atom. The number of rotatable bonds is 0. The lowest BCUT2D eigenvalue weighted by Crippen LogP contribution is -2.24. The smallest absolute Gasteiger partial charge is 0.0899 e. The monoisotopic (exact) mass is 162 g/mol. The van der Waals surface area contributed by atoms with Gasteiger partial charge in [0, 0.05) is 0 Å². The van der Waals surface area contributed by atoms with E-state index in [2.05, 4.69) is 13.0 Å². The Morgan fingerprint density at radius 2 is 2.08 bits per heavy atom. The van der Waals surface area contributed by atoms with Crippen LogP contribution in [0.3, 0.4) is 0 Å². The molecule has 0 bridgehead atoms. The summed E-state index contributed by atoms with van der Waals surface area (Å²) >= 11 is 0. The van der Waals surface area contributed by atoms with Crippen molar-refractivity contribution in [2.45, 2.75) is 25.9 Å².